The van der Waals surface area contributed by atoms with Crippen LogP contribution < -0.4 is 10.5 Å². The van der Waals surface area contributed by atoms with Gasteiger partial charge in [-0.2, -0.15) is 0 Å². The Morgan fingerprint density at radius 2 is 1.73 bits per heavy atom. The van der Waals surface area contributed by atoms with Gasteiger partial charge < -0.3 is 4.90 Å². The lowest BCUT2D eigenvalue weighted by molar-refractivity contribution is 0.569. The first-order valence-corrected chi connectivity index (χ1v) is 9.37. The Morgan fingerprint density at radius 1 is 1.00 bits per heavy atom. The highest BCUT2D eigenvalue weighted by molar-refractivity contribution is 5.78. The number of hydrogen-bond donors (Lipinski definition) is 0. The Balaban J connectivity index is 1.71. The van der Waals surface area contributed by atoms with Gasteiger partial charge in [0.1, 0.15) is 0 Å². The summed E-state index contributed by atoms with van der Waals surface area (Å²) in [4.78, 5) is 24.2. The fourth-order valence-corrected chi connectivity index (χ4v) is 3.49. The average molecular weight is 348 g/mol. The van der Waals surface area contributed by atoms with Gasteiger partial charge in [0.25, 0.3) is 5.56 Å². The average Bonchev–Trinajstić information content (AvgIpc) is 2.69. The van der Waals surface area contributed by atoms with E-state index in [1.54, 1.807) is 10.8 Å². The van der Waals surface area contributed by atoms with E-state index < -0.39 is 0 Å². The highest BCUT2D eigenvalue weighted by atomic mass is 16.1. The van der Waals surface area contributed by atoms with Crippen molar-refractivity contribution < 1.29 is 0 Å². The molecule has 0 saturated carbocycles. The third kappa shape index (κ3) is 3.09. The lowest BCUT2D eigenvalue weighted by Crippen LogP contribution is -2.31. The van der Waals surface area contributed by atoms with Crippen LogP contribution in [-0.2, 0) is 0 Å². The summed E-state index contributed by atoms with van der Waals surface area (Å²) in [6, 6.07) is 10.0. The highest BCUT2D eigenvalue weighted by Gasteiger charge is 2.15. The number of hydrogen-bond acceptors (Lipinski definition) is 4. The summed E-state index contributed by atoms with van der Waals surface area (Å²) in [5.74, 6) is 1.20. The van der Waals surface area contributed by atoms with E-state index in [1.807, 2.05) is 24.4 Å². The number of piperidine rings is 1. The van der Waals surface area contributed by atoms with E-state index in [9.17, 15) is 4.79 Å². The molecule has 5 heteroatoms. The Bertz CT molecular complexity index is 969. The number of benzene rings is 1. The van der Waals surface area contributed by atoms with Crippen molar-refractivity contribution in [3.8, 4) is 5.69 Å². The SMILES string of the molecule is CC(C)c1ccc(-n2ccc3nc(N4CCCCC4)ncc3c2=O)cc1. The van der Waals surface area contributed by atoms with Gasteiger partial charge >= 0.3 is 0 Å². The summed E-state index contributed by atoms with van der Waals surface area (Å²) in [5, 5.41) is 0.557. The van der Waals surface area contributed by atoms with Gasteiger partial charge in [-0.1, -0.05) is 26.0 Å². The smallest absolute Gasteiger partial charge is 0.266 e. The number of anilines is 1. The second-order valence-electron chi connectivity index (χ2n) is 7.25. The maximum atomic E-state index is 12.9. The van der Waals surface area contributed by atoms with E-state index in [4.69, 9.17) is 0 Å². The normalized spacial score (nSPS) is 15.0. The Labute approximate surface area is 153 Å². The Morgan fingerprint density at radius 3 is 2.42 bits per heavy atom. The first-order chi connectivity index (χ1) is 12.6. The lowest BCUT2D eigenvalue weighted by atomic mass is 10.0. The molecular formula is C21H24N4O. The fraction of sp³-hybridized carbons (Fsp3) is 0.381. The molecule has 1 fully saturated rings. The van der Waals surface area contributed by atoms with Gasteiger partial charge in [0.15, 0.2) is 0 Å². The molecule has 1 aliphatic rings. The van der Waals surface area contributed by atoms with Gasteiger partial charge in [-0.25, -0.2) is 9.97 Å². The number of fused-ring (bicyclic) bond motifs is 1. The monoisotopic (exact) mass is 348 g/mol. The van der Waals surface area contributed by atoms with E-state index in [1.165, 1.54) is 24.8 Å². The molecule has 1 aliphatic heterocycles. The predicted molar refractivity (Wildman–Crippen MR) is 105 cm³/mol. The zero-order chi connectivity index (χ0) is 18.1. The van der Waals surface area contributed by atoms with E-state index in [0.717, 1.165) is 24.7 Å². The number of pyridine rings is 1. The molecule has 0 N–H and O–H groups in total. The van der Waals surface area contributed by atoms with Crippen LogP contribution in [0.1, 0.15) is 44.6 Å². The zero-order valence-electron chi connectivity index (χ0n) is 15.4. The van der Waals surface area contributed by atoms with E-state index in [0.29, 0.717) is 16.8 Å². The summed E-state index contributed by atoms with van der Waals surface area (Å²) in [5.41, 5.74) is 2.75. The predicted octanol–water partition coefficient (Wildman–Crippen LogP) is 3.89. The molecule has 2 aromatic heterocycles. The van der Waals surface area contributed by atoms with Crippen molar-refractivity contribution in [3.63, 3.8) is 0 Å². The molecule has 3 aromatic rings. The van der Waals surface area contributed by atoms with Gasteiger partial charge in [0.2, 0.25) is 5.95 Å². The van der Waals surface area contributed by atoms with Crippen molar-refractivity contribution in [1.29, 1.82) is 0 Å². The zero-order valence-corrected chi connectivity index (χ0v) is 15.4. The molecule has 0 spiro atoms. The summed E-state index contributed by atoms with van der Waals surface area (Å²) >= 11 is 0. The molecule has 4 rings (SSSR count). The Kier molecular flexibility index (Phi) is 4.45. The Hall–Kier alpha value is -2.69. The molecule has 5 nitrogen and oxygen atoms in total. The third-order valence-corrected chi connectivity index (χ3v) is 5.11. The molecule has 3 heterocycles. The minimum Gasteiger partial charge on any atom is -0.341 e. The first-order valence-electron chi connectivity index (χ1n) is 9.37. The van der Waals surface area contributed by atoms with Crippen molar-refractivity contribution in [1.82, 2.24) is 14.5 Å². The maximum absolute atomic E-state index is 12.9. The minimum atomic E-state index is -0.0787. The molecule has 26 heavy (non-hydrogen) atoms. The van der Waals surface area contributed by atoms with Crippen LogP contribution in [0.3, 0.4) is 0 Å². The minimum absolute atomic E-state index is 0.0787. The van der Waals surface area contributed by atoms with Gasteiger partial charge in [-0.15, -0.1) is 0 Å². The summed E-state index contributed by atoms with van der Waals surface area (Å²) < 4.78 is 1.66. The second-order valence-corrected chi connectivity index (χ2v) is 7.25. The standard InChI is InChI=1S/C21H24N4O/c1-15(2)16-6-8-17(9-7-16)25-13-10-19-18(20(25)26)14-22-21(23-19)24-11-4-3-5-12-24/h6-10,13-15H,3-5,11-12H2,1-2H3. The van der Waals surface area contributed by atoms with Gasteiger partial charge in [0.05, 0.1) is 10.9 Å². The van der Waals surface area contributed by atoms with Crippen molar-refractivity contribution >= 4 is 16.9 Å². The van der Waals surface area contributed by atoms with Crippen LogP contribution in [0.25, 0.3) is 16.6 Å². The van der Waals surface area contributed by atoms with Gasteiger partial charge in [0, 0.05) is 31.2 Å². The van der Waals surface area contributed by atoms with Gasteiger partial charge in [-0.05, 0) is 48.9 Å². The molecule has 0 atom stereocenters. The van der Waals surface area contributed by atoms with E-state index in [2.05, 4.69) is 40.8 Å². The molecule has 0 aliphatic carbocycles. The molecule has 0 radical (unpaired) electrons. The number of rotatable bonds is 3. The molecular weight excluding hydrogens is 324 g/mol. The molecule has 1 saturated heterocycles. The number of nitrogens with zero attached hydrogens (tertiary/aromatic N) is 4. The van der Waals surface area contributed by atoms with E-state index >= 15 is 0 Å². The molecule has 0 unspecified atom stereocenters. The quantitative estimate of drug-likeness (QED) is 0.720. The van der Waals surface area contributed by atoms with Crippen molar-refractivity contribution in [2.24, 2.45) is 0 Å². The van der Waals surface area contributed by atoms with Crippen molar-refractivity contribution in [2.45, 2.75) is 39.0 Å². The molecule has 0 bridgehead atoms. The van der Waals surface area contributed by atoms with Crippen molar-refractivity contribution in [3.05, 3.63) is 58.6 Å². The number of aromatic nitrogens is 3. The van der Waals surface area contributed by atoms with Crippen LogP contribution in [0.15, 0.2) is 47.5 Å². The van der Waals surface area contributed by atoms with Crippen molar-refractivity contribution in [2.75, 3.05) is 18.0 Å². The molecule has 134 valence electrons. The van der Waals surface area contributed by atoms with Crippen LogP contribution >= 0.6 is 0 Å². The highest BCUT2D eigenvalue weighted by Crippen LogP contribution is 2.19. The summed E-state index contributed by atoms with van der Waals surface area (Å²) in [6.07, 6.45) is 7.10. The summed E-state index contributed by atoms with van der Waals surface area (Å²) in [7, 11) is 0. The van der Waals surface area contributed by atoms with Crippen LogP contribution in [0.2, 0.25) is 0 Å². The molecule has 1 aromatic carbocycles. The largest absolute Gasteiger partial charge is 0.341 e. The van der Waals surface area contributed by atoms with Crippen LogP contribution in [0, 0.1) is 0 Å². The third-order valence-electron chi connectivity index (χ3n) is 5.11. The first kappa shape index (κ1) is 16.8. The van der Waals surface area contributed by atoms with Gasteiger partial charge in [-0.3, -0.25) is 9.36 Å². The lowest BCUT2D eigenvalue weighted by Gasteiger charge is -2.26. The second kappa shape index (κ2) is 6.90. The molecule has 0 amide bonds. The van der Waals surface area contributed by atoms with Crippen LogP contribution in [0.4, 0.5) is 5.95 Å². The van der Waals surface area contributed by atoms with Crippen LogP contribution in [0.5, 0.6) is 0 Å². The van der Waals surface area contributed by atoms with Crippen LogP contribution in [-0.4, -0.2) is 27.6 Å². The summed E-state index contributed by atoms with van der Waals surface area (Å²) in [6.45, 7) is 6.30. The van der Waals surface area contributed by atoms with E-state index in [-0.39, 0.29) is 5.56 Å². The fourth-order valence-electron chi connectivity index (χ4n) is 3.49. The maximum Gasteiger partial charge on any atom is 0.266 e. The topological polar surface area (TPSA) is 51.0 Å².